The molecule has 0 bridgehead atoms. The predicted molar refractivity (Wildman–Crippen MR) is 80.2 cm³/mol. The summed E-state index contributed by atoms with van der Waals surface area (Å²) in [5, 5.41) is 3.61. The van der Waals surface area contributed by atoms with Crippen molar-refractivity contribution < 1.29 is 9.47 Å². The van der Waals surface area contributed by atoms with E-state index in [1.165, 1.54) is 32.1 Å². The van der Waals surface area contributed by atoms with Gasteiger partial charge < -0.3 is 14.8 Å². The largest absolute Gasteiger partial charge is 0.493 e. The minimum atomic E-state index is 0.607. The van der Waals surface area contributed by atoms with Crippen molar-refractivity contribution in [2.24, 2.45) is 5.92 Å². The van der Waals surface area contributed by atoms with E-state index in [4.69, 9.17) is 9.47 Å². The van der Waals surface area contributed by atoms with Gasteiger partial charge in [0.15, 0.2) is 11.5 Å². The van der Waals surface area contributed by atoms with Crippen molar-refractivity contribution in [1.29, 1.82) is 0 Å². The van der Waals surface area contributed by atoms with E-state index >= 15 is 0 Å². The minimum Gasteiger partial charge on any atom is -0.493 e. The minimum absolute atomic E-state index is 0.607. The molecule has 0 aromatic carbocycles. The molecule has 1 heterocycles. The van der Waals surface area contributed by atoms with E-state index in [1.807, 2.05) is 6.07 Å². The molecule has 0 amide bonds. The fraction of sp³-hybridized carbons (Fsp3) is 0.688. The molecule has 1 N–H and O–H groups in total. The van der Waals surface area contributed by atoms with Crippen molar-refractivity contribution in [1.82, 2.24) is 10.3 Å². The first kappa shape index (κ1) is 15.1. The Bertz CT molecular complexity index is 415. The zero-order chi connectivity index (χ0) is 14.4. The Morgan fingerprint density at radius 2 is 1.95 bits per heavy atom. The maximum Gasteiger partial charge on any atom is 0.183 e. The molecule has 0 atom stereocenters. The van der Waals surface area contributed by atoms with Crippen LogP contribution in [0.5, 0.6) is 11.5 Å². The molecule has 0 radical (unpaired) electrons. The number of methoxy groups -OCH3 is 2. The fourth-order valence-corrected chi connectivity index (χ4v) is 2.99. The van der Waals surface area contributed by atoms with Crippen LogP contribution in [0.25, 0.3) is 0 Å². The van der Waals surface area contributed by atoms with Crippen LogP contribution in [0.2, 0.25) is 0 Å². The summed E-state index contributed by atoms with van der Waals surface area (Å²) in [5.41, 5.74) is 0.921. The molecule has 0 spiro atoms. The third-order valence-electron chi connectivity index (χ3n) is 4.35. The lowest BCUT2D eigenvalue weighted by Gasteiger charge is -2.28. The number of rotatable bonds is 6. The van der Waals surface area contributed by atoms with Gasteiger partial charge in [0, 0.05) is 24.8 Å². The normalized spacial score (nSPS) is 22.6. The van der Waals surface area contributed by atoms with Gasteiger partial charge in [-0.3, -0.25) is 4.98 Å². The summed E-state index contributed by atoms with van der Waals surface area (Å²) < 4.78 is 10.7. The van der Waals surface area contributed by atoms with Crippen molar-refractivity contribution in [2.75, 3.05) is 14.2 Å². The maximum absolute atomic E-state index is 5.41. The van der Waals surface area contributed by atoms with E-state index in [1.54, 1.807) is 20.4 Å². The van der Waals surface area contributed by atoms with Crippen molar-refractivity contribution in [3.63, 3.8) is 0 Å². The fourth-order valence-electron chi connectivity index (χ4n) is 2.99. The lowest BCUT2D eigenvalue weighted by Crippen LogP contribution is -2.33. The molecule has 0 unspecified atom stereocenters. The van der Waals surface area contributed by atoms with Gasteiger partial charge in [-0.2, -0.15) is 0 Å². The molecule has 4 heteroatoms. The third-order valence-corrected chi connectivity index (χ3v) is 4.35. The summed E-state index contributed by atoms with van der Waals surface area (Å²) in [7, 11) is 3.32. The SMILES string of the molecule is CCC1CCC(NCc2nccc(OC)c2OC)CC1. The van der Waals surface area contributed by atoms with E-state index in [2.05, 4.69) is 17.2 Å². The van der Waals surface area contributed by atoms with E-state index in [-0.39, 0.29) is 0 Å². The topological polar surface area (TPSA) is 43.4 Å². The second-order valence-electron chi connectivity index (χ2n) is 5.50. The summed E-state index contributed by atoms with van der Waals surface area (Å²) in [6.45, 7) is 3.03. The molecular weight excluding hydrogens is 252 g/mol. The molecule has 1 fully saturated rings. The first-order valence-electron chi connectivity index (χ1n) is 7.57. The molecule has 1 aromatic rings. The number of aromatic nitrogens is 1. The van der Waals surface area contributed by atoms with Gasteiger partial charge in [0.2, 0.25) is 0 Å². The van der Waals surface area contributed by atoms with Gasteiger partial charge in [0.25, 0.3) is 0 Å². The van der Waals surface area contributed by atoms with Gasteiger partial charge in [-0.25, -0.2) is 0 Å². The highest BCUT2D eigenvalue weighted by Gasteiger charge is 2.20. The van der Waals surface area contributed by atoms with Gasteiger partial charge in [0.1, 0.15) is 0 Å². The zero-order valence-electron chi connectivity index (χ0n) is 12.8. The number of nitrogens with zero attached hydrogens (tertiary/aromatic N) is 1. The summed E-state index contributed by atoms with van der Waals surface area (Å²) in [6, 6.07) is 2.44. The van der Waals surface area contributed by atoms with Crippen LogP contribution in [0.3, 0.4) is 0 Å². The number of nitrogens with one attached hydrogen (secondary N) is 1. The molecule has 4 nitrogen and oxygen atoms in total. The Morgan fingerprint density at radius 3 is 2.55 bits per heavy atom. The summed E-state index contributed by atoms with van der Waals surface area (Å²) in [4.78, 5) is 4.41. The molecule has 2 rings (SSSR count). The number of pyridine rings is 1. The van der Waals surface area contributed by atoms with Crippen molar-refractivity contribution in [3.05, 3.63) is 18.0 Å². The molecule has 1 aliphatic rings. The first-order chi connectivity index (χ1) is 9.78. The first-order valence-corrected chi connectivity index (χ1v) is 7.57. The van der Waals surface area contributed by atoms with Crippen molar-refractivity contribution in [2.45, 2.75) is 51.6 Å². The molecule has 112 valence electrons. The van der Waals surface area contributed by atoms with Crippen LogP contribution in [0.4, 0.5) is 0 Å². The van der Waals surface area contributed by atoms with Gasteiger partial charge >= 0.3 is 0 Å². The second-order valence-corrected chi connectivity index (χ2v) is 5.50. The van der Waals surface area contributed by atoms with Gasteiger partial charge in [-0.15, -0.1) is 0 Å². The summed E-state index contributed by atoms with van der Waals surface area (Å²) >= 11 is 0. The highest BCUT2D eigenvalue weighted by Crippen LogP contribution is 2.30. The monoisotopic (exact) mass is 278 g/mol. The lowest BCUT2D eigenvalue weighted by atomic mass is 9.84. The van der Waals surface area contributed by atoms with Crippen LogP contribution in [-0.4, -0.2) is 25.2 Å². The molecule has 1 aromatic heterocycles. The number of hydrogen-bond donors (Lipinski definition) is 1. The standard InChI is InChI=1S/C16H26N2O2/c1-4-12-5-7-13(8-6-12)18-11-14-16(20-3)15(19-2)9-10-17-14/h9-10,12-13,18H,4-8,11H2,1-3H3. The Balaban J connectivity index is 1.91. The van der Waals surface area contributed by atoms with Crippen LogP contribution in [0, 0.1) is 5.92 Å². The summed E-state index contributed by atoms with van der Waals surface area (Å²) in [6.07, 6.45) is 8.31. The molecule has 0 aliphatic heterocycles. The van der Waals surface area contributed by atoms with Crippen LogP contribution in [-0.2, 0) is 6.54 Å². The third kappa shape index (κ3) is 3.63. The van der Waals surface area contributed by atoms with Crippen LogP contribution in [0.15, 0.2) is 12.3 Å². The average molecular weight is 278 g/mol. The van der Waals surface area contributed by atoms with Crippen LogP contribution in [0.1, 0.15) is 44.7 Å². The number of ether oxygens (including phenoxy) is 2. The maximum atomic E-state index is 5.41. The highest BCUT2D eigenvalue weighted by atomic mass is 16.5. The molecule has 1 aliphatic carbocycles. The lowest BCUT2D eigenvalue weighted by molar-refractivity contribution is 0.282. The molecule has 1 saturated carbocycles. The molecular formula is C16H26N2O2. The molecule has 20 heavy (non-hydrogen) atoms. The van der Waals surface area contributed by atoms with Crippen LogP contribution < -0.4 is 14.8 Å². The van der Waals surface area contributed by atoms with Crippen molar-refractivity contribution in [3.8, 4) is 11.5 Å². The quantitative estimate of drug-likeness (QED) is 0.868. The van der Waals surface area contributed by atoms with E-state index in [9.17, 15) is 0 Å². The van der Waals surface area contributed by atoms with E-state index < -0.39 is 0 Å². The van der Waals surface area contributed by atoms with Gasteiger partial charge in [0.05, 0.1) is 19.9 Å². The van der Waals surface area contributed by atoms with Crippen LogP contribution >= 0.6 is 0 Å². The second kappa shape index (κ2) is 7.48. The molecule has 0 saturated heterocycles. The van der Waals surface area contributed by atoms with Gasteiger partial charge in [-0.05, 0) is 31.6 Å². The highest BCUT2D eigenvalue weighted by molar-refractivity contribution is 5.42. The van der Waals surface area contributed by atoms with Crippen molar-refractivity contribution >= 4 is 0 Å². The zero-order valence-corrected chi connectivity index (χ0v) is 12.8. The average Bonchev–Trinajstić information content (AvgIpc) is 2.52. The smallest absolute Gasteiger partial charge is 0.183 e. The Kier molecular flexibility index (Phi) is 5.65. The van der Waals surface area contributed by atoms with E-state index in [0.717, 1.165) is 29.7 Å². The Labute approximate surface area is 121 Å². The Morgan fingerprint density at radius 1 is 1.20 bits per heavy atom. The summed E-state index contributed by atoms with van der Waals surface area (Å²) in [5.74, 6) is 2.41. The van der Waals surface area contributed by atoms with E-state index in [0.29, 0.717) is 6.04 Å². The Hall–Kier alpha value is -1.29. The number of hydrogen-bond acceptors (Lipinski definition) is 4. The predicted octanol–water partition coefficient (Wildman–Crippen LogP) is 3.16. The van der Waals surface area contributed by atoms with Gasteiger partial charge in [-0.1, -0.05) is 13.3 Å².